The second kappa shape index (κ2) is 3.27. The molecule has 0 bridgehead atoms. The molecule has 0 aromatic carbocycles. The summed E-state index contributed by atoms with van der Waals surface area (Å²) in [5.41, 5.74) is 0.352. The Balaban J connectivity index is 3.00. The molecule has 1 aromatic heterocycles. The molecule has 0 unspecified atom stereocenters. The molecule has 6 heteroatoms. The van der Waals surface area contributed by atoms with Crippen molar-refractivity contribution in [2.24, 2.45) is 0 Å². The molecule has 0 aliphatic heterocycles. The van der Waals surface area contributed by atoms with Crippen LogP contribution in [0.25, 0.3) is 0 Å². The molecule has 1 aromatic rings. The second-order valence-electron chi connectivity index (χ2n) is 1.84. The smallest absolute Gasteiger partial charge is 0.334 e. The van der Waals surface area contributed by atoms with Crippen LogP contribution in [0.4, 0.5) is 8.78 Å². The van der Waals surface area contributed by atoms with Crippen molar-refractivity contribution in [2.45, 2.75) is 13.2 Å². The number of hydrogen-bond donors (Lipinski definition) is 1. The fourth-order valence-corrected chi connectivity index (χ4v) is 1.10. The fourth-order valence-electron chi connectivity index (χ4n) is 0.625. The Bertz CT molecular complexity index is 251. The molecule has 0 saturated heterocycles. The van der Waals surface area contributed by atoms with Gasteiger partial charge >= 0.3 is 6.55 Å². The van der Waals surface area contributed by atoms with Crippen molar-refractivity contribution in [2.75, 3.05) is 0 Å². The number of nitrogens with zero attached hydrogens (tertiary/aromatic N) is 2. The predicted octanol–water partition coefficient (Wildman–Crippen LogP) is 1.53. The molecule has 0 aliphatic rings. The summed E-state index contributed by atoms with van der Waals surface area (Å²) in [6.07, 6.45) is 1.19. The van der Waals surface area contributed by atoms with E-state index in [2.05, 4.69) is 21.0 Å². The maximum atomic E-state index is 12.0. The van der Waals surface area contributed by atoms with E-state index in [1.807, 2.05) is 0 Å². The quantitative estimate of drug-likeness (QED) is 0.831. The minimum atomic E-state index is -2.68. The van der Waals surface area contributed by atoms with E-state index in [0.29, 0.717) is 10.2 Å². The van der Waals surface area contributed by atoms with Crippen LogP contribution in [0.3, 0.4) is 0 Å². The van der Waals surface area contributed by atoms with E-state index < -0.39 is 6.55 Å². The third-order valence-corrected chi connectivity index (χ3v) is 2.03. The lowest BCUT2D eigenvalue weighted by Crippen LogP contribution is -2.00. The lowest BCUT2D eigenvalue weighted by molar-refractivity contribution is 0.0539. The van der Waals surface area contributed by atoms with Gasteiger partial charge in [0.15, 0.2) is 0 Å². The van der Waals surface area contributed by atoms with Gasteiger partial charge < -0.3 is 5.11 Å². The normalized spacial score (nSPS) is 11.0. The molecule has 1 N–H and O–H groups in total. The lowest BCUT2D eigenvalue weighted by Gasteiger charge is -1.99. The summed E-state index contributed by atoms with van der Waals surface area (Å²) in [5, 5.41) is 11.9. The van der Waals surface area contributed by atoms with E-state index >= 15 is 0 Å². The number of halogens is 3. The third-order valence-electron chi connectivity index (χ3n) is 1.16. The van der Waals surface area contributed by atoms with Gasteiger partial charge in [-0.05, 0) is 15.9 Å². The Kier molecular flexibility index (Phi) is 2.56. The van der Waals surface area contributed by atoms with E-state index in [9.17, 15) is 8.78 Å². The minimum Gasteiger partial charge on any atom is -0.392 e. The van der Waals surface area contributed by atoms with Crippen LogP contribution in [0.1, 0.15) is 12.1 Å². The van der Waals surface area contributed by atoms with Gasteiger partial charge in [-0.2, -0.15) is 18.6 Å². The molecule has 0 atom stereocenters. The van der Waals surface area contributed by atoms with Gasteiger partial charge in [0, 0.05) is 5.56 Å². The average Bonchev–Trinajstić information content (AvgIpc) is 2.30. The second-order valence-corrected chi connectivity index (χ2v) is 2.59. The number of aliphatic hydroxyl groups excluding tert-OH is 1. The molecule has 0 amide bonds. The van der Waals surface area contributed by atoms with Gasteiger partial charge in [-0.1, -0.05) is 0 Å². The van der Waals surface area contributed by atoms with Crippen LogP contribution in [0, 0.1) is 0 Å². The maximum absolute atomic E-state index is 12.0. The highest BCUT2D eigenvalue weighted by Crippen LogP contribution is 2.21. The van der Waals surface area contributed by atoms with Crippen molar-refractivity contribution in [3.8, 4) is 0 Å². The first kappa shape index (κ1) is 8.61. The minimum absolute atomic E-state index is 0.120. The van der Waals surface area contributed by atoms with Gasteiger partial charge in [0.05, 0.1) is 12.8 Å². The molecule has 0 fully saturated rings. The Morgan fingerprint density at radius 3 is 2.64 bits per heavy atom. The summed E-state index contributed by atoms with van der Waals surface area (Å²) >= 11 is 2.87. The maximum Gasteiger partial charge on any atom is 0.334 e. The van der Waals surface area contributed by atoms with Crippen LogP contribution >= 0.6 is 15.9 Å². The first-order chi connectivity index (χ1) is 5.16. The largest absolute Gasteiger partial charge is 0.392 e. The van der Waals surface area contributed by atoms with E-state index in [0.717, 1.165) is 0 Å². The van der Waals surface area contributed by atoms with Gasteiger partial charge in [-0.25, -0.2) is 0 Å². The topological polar surface area (TPSA) is 38.1 Å². The van der Waals surface area contributed by atoms with E-state index in [1.165, 1.54) is 6.20 Å². The van der Waals surface area contributed by atoms with Crippen molar-refractivity contribution in [3.05, 3.63) is 16.4 Å². The number of alkyl halides is 2. The predicted molar refractivity (Wildman–Crippen MR) is 37.1 cm³/mol. The number of aliphatic hydroxyl groups is 1. The van der Waals surface area contributed by atoms with Crippen molar-refractivity contribution in [3.63, 3.8) is 0 Å². The lowest BCUT2D eigenvalue weighted by atomic mass is 10.4. The number of hydrogen-bond acceptors (Lipinski definition) is 2. The molecule has 1 rings (SSSR count). The van der Waals surface area contributed by atoms with Crippen LogP contribution in [-0.2, 0) is 6.61 Å². The Morgan fingerprint density at radius 1 is 1.73 bits per heavy atom. The van der Waals surface area contributed by atoms with Gasteiger partial charge in [0.1, 0.15) is 4.60 Å². The Labute approximate surface area is 69.8 Å². The fraction of sp³-hybridized carbons (Fsp3) is 0.400. The van der Waals surface area contributed by atoms with E-state index in [4.69, 9.17) is 5.11 Å². The highest BCUT2D eigenvalue weighted by molar-refractivity contribution is 9.10. The zero-order chi connectivity index (χ0) is 8.43. The Morgan fingerprint density at radius 2 is 2.36 bits per heavy atom. The number of aromatic nitrogens is 2. The van der Waals surface area contributed by atoms with Gasteiger partial charge in [-0.3, -0.25) is 0 Å². The first-order valence-electron chi connectivity index (χ1n) is 2.77. The van der Waals surface area contributed by atoms with Crippen LogP contribution in [0.5, 0.6) is 0 Å². The zero-order valence-electron chi connectivity index (χ0n) is 5.34. The first-order valence-corrected chi connectivity index (χ1v) is 3.57. The van der Waals surface area contributed by atoms with Crippen LogP contribution in [0.15, 0.2) is 10.8 Å². The molecular formula is C5H5BrF2N2O. The molecule has 62 valence electrons. The molecule has 1 heterocycles. The molecule has 0 aliphatic carbocycles. The van der Waals surface area contributed by atoms with E-state index in [1.54, 1.807) is 0 Å². The molecule has 0 saturated carbocycles. The standard InChI is InChI=1S/C5H5BrF2N2O/c6-4-3(2-11)1-9-10(4)5(7)8/h1,5,11H,2H2. The number of rotatable bonds is 2. The Hall–Kier alpha value is -0.490. The summed E-state index contributed by atoms with van der Waals surface area (Å²) in [5.74, 6) is 0. The van der Waals surface area contributed by atoms with Crippen LogP contribution in [0.2, 0.25) is 0 Å². The van der Waals surface area contributed by atoms with Crippen LogP contribution < -0.4 is 0 Å². The van der Waals surface area contributed by atoms with Crippen molar-refractivity contribution in [1.82, 2.24) is 9.78 Å². The molecule has 11 heavy (non-hydrogen) atoms. The average molecular weight is 227 g/mol. The third kappa shape index (κ3) is 1.57. The van der Waals surface area contributed by atoms with Crippen molar-refractivity contribution < 1.29 is 13.9 Å². The summed E-state index contributed by atoms with van der Waals surface area (Å²) in [6, 6.07) is 0. The van der Waals surface area contributed by atoms with Crippen molar-refractivity contribution in [1.29, 1.82) is 0 Å². The van der Waals surface area contributed by atoms with Gasteiger partial charge in [0.25, 0.3) is 0 Å². The van der Waals surface area contributed by atoms with E-state index in [-0.39, 0.29) is 11.2 Å². The summed E-state index contributed by atoms with van der Waals surface area (Å²) in [7, 11) is 0. The summed E-state index contributed by atoms with van der Waals surface area (Å²) < 4.78 is 24.5. The molecule has 0 radical (unpaired) electrons. The van der Waals surface area contributed by atoms with Gasteiger partial charge in [-0.15, -0.1) is 0 Å². The highest BCUT2D eigenvalue weighted by atomic mass is 79.9. The molecular weight excluding hydrogens is 222 g/mol. The van der Waals surface area contributed by atoms with Crippen LogP contribution in [-0.4, -0.2) is 14.9 Å². The van der Waals surface area contributed by atoms with Gasteiger partial charge in [0.2, 0.25) is 0 Å². The summed E-state index contributed by atoms with van der Waals surface area (Å²) in [4.78, 5) is 0. The monoisotopic (exact) mass is 226 g/mol. The highest BCUT2D eigenvalue weighted by Gasteiger charge is 2.13. The van der Waals surface area contributed by atoms with Crippen molar-refractivity contribution >= 4 is 15.9 Å². The summed E-state index contributed by atoms with van der Waals surface area (Å²) in [6.45, 7) is -2.97. The zero-order valence-corrected chi connectivity index (χ0v) is 6.92. The molecule has 3 nitrogen and oxygen atoms in total. The SMILES string of the molecule is OCc1cnn(C(F)F)c1Br. The molecule has 0 spiro atoms.